The summed E-state index contributed by atoms with van der Waals surface area (Å²) >= 11 is 0. The second-order valence-corrected chi connectivity index (χ2v) is 6.30. The van der Waals surface area contributed by atoms with Gasteiger partial charge < -0.3 is 14.7 Å². The quantitative estimate of drug-likeness (QED) is 0.932. The van der Waals surface area contributed by atoms with Crippen LogP contribution in [0.3, 0.4) is 0 Å². The first kappa shape index (κ1) is 16.7. The van der Waals surface area contributed by atoms with Gasteiger partial charge >= 0.3 is 0 Å². The lowest BCUT2D eigenvalue weighted by molar-refractivity contribution is 0.0556. The minimum Gasteiger partial charge on any atom is -0.496 e. The van der Waals surface area contributed by atoms with Crippen molar-refractivity contribution in [2.24, 2.45) is 0 Å². The average Bonchev–Trinajstić information content (AvgIpc) is 2.60. The van der Waals surface area contributed by atoms with Gasteiger partial charge in [0.15, 0.2) is 0 Å². The maximum atomic E-state index is 13.0. The molecule has 1 N–H and O–H groups in total. The van der Waals surface area contributed by atoms with Crippen molar-refractivity contribution < 1.29 is 14.6 Å². The van der Waals surface area contributed by atoms with Crippen molar-refractivity contribution >= 4 is 16.7 Å². The minimum atomic E-state index is -0.335. The number of carbonyl (C=O) groups is 1. The highest BCUT2D eigenvalue weighted by Crippen LogP contribution is 2.29. The van der Waals surface area contributed by atoms with Gasteiger partial charge in [0.05, 0.1) is 13.2 Å². The molecule has 1 aliphatic heterocycles. The number of ether oxygens (including phenoxy) is 1. The lowest BCUT2D eigenvalue weighted by Gasteiger charge is -2.35. The Morgan fingerprint density at radius 3 is 2.42 bits per heavy atom. The smallest absolute Gasteiger partial charge is 0.254 e. The summed E-state index contributed by atoms with van der Waals surface area (Å²) in [5, 5.41) is 11.4. The van der Waals surface area contributed by atoms with E-state index >= 15 is 0 Å². The Morgan fingerprint density at radius 1 is 1.12 bits per heavy atom. The summed E-state index contributed by atoms with van der Waals surface area (Å²) in [4.78, 5) is 17.1. The molecule has 5 nitrogen and oxygen atoms in total. The summed E-state index contributed by atoms with van der Waals surface area (Å²) in [6.45, 7) is 5.42. The van der Waals surface area contributed by atoms with Crippen LogP contribution in [0, 0.1) is 0 Å². The molecular formula is C19H24N2O3. The third-order valence-corrected chi connectivity index (χ3v) is 4.52. The fraction of sp³-hybridized carbons (Fsp3) is 0.421. The van der Waals surface area contributed by atoms with Crippen LogP contribution in [0.2, 0.25) is 0 Å². The number of β-amino-alcohol motifs (C(OH)–C–C–N with tert-alkyl or cyclic N) is 1. The number of benzene rings is 2. The average molecular weight is 328 g/mol. The molecule has 24 heavy (non-hydrogen) atoms. The molecule has 1 atom stereocenters. The highest BCUT2D eigenvalue weighted by molar-refractivity contribution is 6.08. The Morgan fingerprint density at radius 2 is 1.79 bits per heavy atom. The van der Waals surface area contributed by atoms with Crippen molar-refractivity contribution in [3.05, 3.63) is 42.0 Å². The van der Waals surface area contributed by atoms with Crippen molar-refractivity contribution in [3.63, 3.8) is 0 Å². The Bertz CT molecular complexity index is 722. The number of carbonyl (C=O) groups excluding carboxylic acids is 1. The van der Waals surface area contributed by atoms with E-state index in [0.29, 0.717) is 19.6 Å². The van der Waals surface area contributed by atoms with Crippen LogP contribution < -0.4 is 4.74 Å². The standard InChI is InChI=1S/C19H24N2O3/c1-14(22)13-20-9-11-21(12-10-20)19(23)17-7-8-18(24-2)16-6-4-3-5-15(16)17/h3-8,14,22H,9-13H2,1-2H3. The lowest BCUT2D eigenvalue weighted by atomic mass is 10.0. The molecule has 0 saturated carbocycles. The van der Waals surface area contributed by atoms with Crippen molar-refractivity contribution in [1.82, 2.24) is 9.80 Å². The van der Waals surface area contributed by atoms with Gasteiger partial charge in [-0.05, 0) is 24.4 Å². The van der Waals surface area contributed by atoms with E-state index in [0.717, 1.165) is 35.2 Å². The fourth-order valence-electron chi connectivity index (χ4n) is 3.31. The van der Waals surface area contributed by atoms with Crippen molar-refractivity contribution in [3.8, 4) is 5.75 Å². The third kappa shape index (κ3) is 3.37. The Hall–Kier alpha value is -2.11. The molecule has 1 unspecified atom stereocenters. The van der Waals surface area contributed by atoms with Crippen molar-refractivity contribution in [2.45, 2.75) is 13.0 Å². The van der Waals surface area contributed by atoms with E-state index in [2.05, 4.69) is 4.90 Å². The molecular weight excluding hydrogens is 304 g/mol. The van der Waals surface area contributed by atoms with Gasteiger partial charge in [0.1, 0.15) is 5.75 Å². The van der Waals surface area contributed by atoms with Gasteiger partial charge in [0, 0.05) is 43.7 Å². The molecule has 1 heterocycles. The summed E-state index contributed by atoms with van der Waals surface area (Å²) in [6.07, 6.45) is -0.335. The molecule has 0 spiro atoms. The molecule has 1 saturated heterocycles. The summed E-state index contributed by atoms with van der Waals surface area (Å²) in [6, 6.07) is 11.6. The number of fused-ring (bicyclic) bond motifs is 1. The second-order valence-electron chi connectivity index (χ2n) is 6.30. The zero-order valence-electron chi connectivity index (χ0n) is 14.2. The first-order chi connectivity index (χ1) is 11.6. The molecule has 0 aromatic heterocycles. The zero-order chi connectivity index (χ0) is 17.1. The Balaban J connectivity index is 1.80. The van der Waals surface area contributed by atoms with Gasteiger partial charge in [-0.1, -0.05) is 24.3 Å². The van der Waals surface area contributed by atoms with Crippen molar-refractivity contribution in [1.29, 1.82) is 0 Å². The highest BCUT2D eigenvalue weighted by Gasteiger charge is 2.24. The maximum absolute atomic E-state index is 13.0. The molecule has 2 aromatic rings. The molecule has 0 aliphatic carbocycles. The molecule has 128 valence electrons. The van der Waals surface area contributed by atoms with Crippen LogP contribution in [0.4, 0.5) is 0 Å². The summed E-state index contributed by atoms with van der Waals surface area (Å²) in [5.41, 5.74) is 0.718. The first-order valence-electron chi connectivity index (χ1n) is 8.35. The highest BCUT2D eigenvalue weighted by atomic mass is 16.5. The predicted octanol–water partition coefficient (Wildman–Crippen LogP) is 1.99. The van der Waals surface area contributed by atoms with E-state index in [1.165, 1.54) is 0 Å². The van der Waals surface area contributed by atoms with Gasteiger partial charge in [-0.15, -0.1) is 0 Å². The minimum absolute atomic E-state index is 0.0607. The molecule has 1 fully saturated rings. The number of methoxy groups -OCH3 is 1. The van der Waals surface area contributed by atoms with Crippen LogP contribution >= 0.6 is 0 Å². The molecule has 2 aromatic carbocycles. The Kier molecular flexibility index (Phi) is 5.02. The normalized spacial score (nSPS) is 17.0. The molecule has 1 amide bonds. The maximum Gasteiger partial charge on any atom is 0.254 e. The topological polar surface area (TPSA) is 53.0 Å². The fourth-order valence-corrected chi connectivity index (χ4v) is 3.31. The van der Waals surface area contributed by atoms with Crippen LogP contribution in [-0.2, 0) is 0 Å². The molecule has 3 rings (SSSR count). The van der Waals surface area contributed by atoms with Gasteiger partial charge in [0.25, 0.3) is 5.91 Å². The van der Waals surface area contributed by atoms with Gasteiger partial charge in [0.2, 0.25) is 0 Å². The lowest BCUT2D eigenvalue weighted by Crippen LogP contribution is -2.50. The number of hydrogen-bond acceptors (Lipinski definition) is 4. The van der Waals surface area contributed by atoms with Crippen LogP contribution in [0.5, 0.6) is 5.75 Å². The van der Waals surface area contributed by atoms with Crippen LogP contribution in [0.25, 0.3) is 10.8 Å². The molecule has 5 heteroatoms. The number of aliphatic hydroxyl groups excluding tert-OH is 1. The van der Waals surface area contributed by atoms with Crippen LogP contribution in [0.15, 0.2) is 36.4 Å². The first-order valence-corrected chi connectivity index (χ1v) is 8.35. The van der Waals surface area contributed by atoms with E-state index in [-0.39, 0.29) is 12.0 Å². The number of aliphatic hydroxyl groups is 1. The molecule has 1 aliphatic rings. The number of piperazine rings is 1. The number of rotatable bonds is 4. The van der Waals surface area contributed by atoms with Gasteiger partial charge in [-0.3, -0.25) is 9.69 Å². The van der Waals surface area contributed by atoms with E-state index in [1.54, 1.807) is 14.0 Å². The van der Waals surface area contributed by atoms with Gasteiger partial charge in [-0.2, -0.15) is 0 Å². The second kappa shape index (κ2) is 7.20. The largest absolute Gasteiger partial charge is 0.496 e. The summed E-state index contributed by atoms with van der Waals surface area (Å²) < 4.78 is 5.40. The molecule has 0 bridgehead atoms. The summed E-state index contributed by atoms with van der Waals surface area (Å²) in [5.74, 6) is 0.842. The van der Waals surface area contributed by atoms with E-state index in [4.69, 9.17) is 4.74 Å². The van der Waals surface area contributed by atoms with Gasteiger partial charge in [-0.25, -0.2) is 0 Å². The molecule has 0 radical (unpaired) electrons. The van der Waals surface area contributed by atoms with Crippen LogP contribution in [0.1, 0.15) is 17.3 Å². The third-order valence-electron chi connectivity index (χ3n) is 4.52. The van der Waals surface area contributed by atoms with Crippen molar-refractivity contribution in [2.75, 3.05) is 39.8 Å². The number of nitrogens with zero attached hydrogens (tertiary/aromatic N) is 2. The van der Waals surface area contributed by atoms with E-state index in [9.17, 15) is 9.90 Å². The predicted molar refractivity (Wildman–Crippen MR) is 94.5 cm³/mol. The zero-order valence-corrected chi connectivity index (χ0v) is 14.2. The number of amides is 1. The van der Waals surface area contributed by atoms with Crippen LogP contribution in [-0.4, -0.2) is 66.8 Å². The Labute approximate surface area is 142 Å². The van der Waals surface area contributed by atoms with E-state index < -0.39 is 0 Å². The summed E-state index contributed by atoms with van der Waals surface area (Å²) in [7, 11) is 1.64. The van der Waals surface area contributed by atoms with E-state index in [1.807, 2.05) is 41.3 Å². The SMILES string of the molecule is COc1ccc(C(=O)N2CCN(CC(C)O)CC2)c2ccccc12. The monoisotopic (exact) mass is 328 g/mol. The number of hydrogen-bond donors (Lipinski definition) is 1.